The lowest BCUT2D eigenvalue weighted by atomic mass is 10.0. The SMILES string of the molecule is FC(F)(F)c1ccc(-c2cccc(CN3CCN(c4ccccc4)CC3)c2)cc1.c1ccc(N2CCNCC2)cc1. The van der Waals surface area contributed by atoms with Crippen molar-refractivity contribution in [3.05, 3.63) is 120 Å². The average molecular weight is 559 g/mol. The molecule has 214 valence electrons. The van der Waals surface area contributed by atoms with Gasteiger partial charge in [-0.2, -0.15) is 13.2 Å². The molecule has 2 saturated heterocycles. The van der Waals surface area contributed by atoms with Gasteiger partial charge in [0, 0.05) is 70.3 Å². The van der Waals surface area contributed by atoms with Gasteiger partial charge in [0.05, 0.1) is 5.56 Å². The molecule has 0 unspecified atom stereocenters. The minimum atomic E-state index is -4.30. The zero-order valence-electron chi connectivity index (χ0n) is 23.2. The fourth-order valence-corrected chi connectivity index (χ4v) is 5.32. The van der Waals surface area contributed by atoms with E-state index in [-0.39, 0.29) is 0 Å². The first-order valence-electron chi connectivity index (χ1n) is 14.3. The molecule has 0 bridgehead atoms. The maximum Gasteiger partial charge on any atom is 0.416 e. The highest BCUT2D eigenvalue weighted by molar-refractivity contribution is 5.64. The molecule has 1 N–H and O–H groups in total. The Kier molecular flexibility index (Phi) is 9.59. The molecule has 2 heterocycles. The van der Waals surface area contributed by atoms with Crippen molar-refractivity contribution in [2.75, 3.05) is 62.2 Å². The van der Waals surface area contributed by atoms with Crippen LogP contribution in [0.25, 0.3) is 11.1 Å². The standard InChI is InChI=1S/C24H23F3N2.C10H14N2/c25-24(26,27)22-11-9-20(10-12-22)21-6-4-5-19(17-21)18-28-13-15-29(16-14-28)23-7-2-1-3-8-23;1-2-4-10(5-3-1)12-8-6-11-7-9-12/h1-12,17H,13-16,18H2;1-5,11H,6-9H2. The number of nitrogens with zero attached hydrogens (tertiary/aromatic N) is 3. The van der Waals surface area contributed by atoms with E-state index in [4.69, 9.17) is 0 Å². The van der Waals surface area contributed by atoms with E-state index in [1.165, 1.54) is 16.9 Å². The largest absolute Gasteiger partial charge is 0.416 e. The van der Waals surface area contributed by atoms with Gasteiger partial charge in [0.2, 0.25) is 0 Å². The summed E-state index contributed by atoms with van der Waals surface area (Å²) in [4.78, 5) is 7.23. The first kappa shape index (κ1) is 28.7. The van der Waals surface area contributed by atoms with E-state index in [1.54, 1.807) is 12.1 Å². The van der Waals surface area contributed by atoms with Crippen molar-refractivity contribution in [1.29, 1.82) is 0 Å². The monoisotopic (exact) mass is 558 g/mol. The highest BCUT2D eigenvalue weighted by Gasteiger charge is 2.30. The number of hydrogen-bond acceptors (Lipinski definition) is 4. The Morgan fingerprint density at radius 1 is 0.561 bits per heavy atom. The van der Waals surface area contributed by atoms with Crippen LogP contribution in [0.5, 0.6) is 0 Å². The molecular weight excluding hydrogens is 521 g/mol. The van der Waals surface area contributed by atoms with Gasteiger partial charge in [-0.1, -0.05) is 66.7 Å². The number of benzene rings is 4. The van der Waals surface area contributed by atoms with E-state index in [0.29, 0.717) is 0 Å². The Balaban J connectivity index is 0.000000234. The molecule has 41 heavy (non-hydrogen) atoms. The van der Waals surface area contributed by atoms with E-state index in [1.807, 2.05) is 18.2 Å². The maximum absolute atomic E-state index is 12.8. The Morgan fingerprint density at radius 2 is 1.12 bits per heavy atom. The van der Waals surface area contributed by atoms with E-state index in [2.05, 4.69) is 86.7 Å². The summed E-state index contributed by atoms with van der Waals surface area (Å²) in [5.74, 6) is 0. The molecule has 0 aromatic heterocycles. The Hall–Kier alpha value is -3.81. The number of piperazine rings is 2. The lowest BCUT2D eigenvalue weighted by Crippen LogP contribution is -2.45. The lowest BCUT2D eigenvalue weighted by molar-refractivity contribution is -0.137. The minimum Gasteiger partial charge on any atom is -0.369 e. The van der Waals surface area contributed by atoms with Crippen molar-refractivity contribution < 1.29 is 13.2 Å². The molecule has 0 atom stereocenters. The fourth-order valence-electron chi connectivity index (χ4n) is 5.32. The molecule has 0 aliphatic carbocycles. The second-order valence-corrected chi connectivity index (χ2v) is 10.4. The normalized spacial score (nSPS) is 16.2. The molecule has 4 aromatic carbocycles. The first-order valence-corrected chi connectivity index (χ1v) is 14.3. The zero-order chi connectivity index (χ0) is 28.5. The molecule has 2 aliphatic heterocycles. The van der Waals surface area contributed by atoms with E-state index in [0.717, 1.165) is 82.2 Å². The lowest BCUT2D eigenvalue weighted by Gasteiger charge is -2.36. The summed E-state index contributed by atoms with van der Waals surface area (Å²) >= 11 is 0. The van der Waals surface area contributed by atoms with E-state index >= 15 is 0 Å². The molecule has 0 spiro atoms. The quantitative estimate of drug-likeness (QED) is 0.291. The van der Waals surface area contributed by atoms with Gasteiger partial charge in [-0.3, -0.25) is 4.90 Å². The number of anilines is 2. The van der Waals surface area contributed by atoms with Crippen molar-refractivity contribution in [3.8, 4) is 11.1 Å². The average Bonchev–Trinajstić information content (AvgIpc) is 3.03. The number of hydrogen-bond donors (Lipinski definition) is 1. The van der Waals surface area contributed by atoms with Gasteiger partial charge in [0.1, 0.15) is 0 Å². The highest BCUT2D eigenvalue weighted by atomic mass is 19.4. The number of para-hydroxylation sites is 2. The van der Waals surface area contributed by atoms with Crippen molar-refractivity contribution >= 4 is 11.4 Å². The van der Waals surface area contributed by atoms with Crippen molar-refractivity contribution in [1.82, 2.24) is 10.2 Å². The molecule has 6 rings (SSSR count). The third-order valence-electron chi connectivity index (χ3n) is 7.61. The number of rotatable bonds is 5. The van der Waals surface area contributed by atoms with Crippen LogP contribution in [0.3, 0.4) is 0 Å². The summed E-state index contributed by atoms with van der Waals surface area (Å²) in [6.45, 7) is 9.26. The maximum atomic E-state index is 12.8. The van der Waals surface area contributed by atoms with Crippen molar-refractivity contribution in [3.63, 3.8) is 0 Å². The van der Waals surface area contributed by atoms with E-state index < -0.39 is 11.7 Å². The molecule has 4 nitrogen and oxygen atoms in total. The highest BCUT2D eigenvalue weighted by Crippen LogP contribution is 2.31. The topological polar surface area (TPSA) is 21.8 Å². The summed E-state index contributed by atoms with van der Waals surface area (Å²) in [5, 5.41) is 3.34. The number of nitrogens with one attached hydrogen (secondary N) is 1. The predicted molar refractivity (Wildman–Crippen MR) is 162 cm³/mol. The molecule has 7 heteroatoms. The third-order valence-corrected chi connectivity index (χ3v) is 7.61. The van der Waals surface area contributed by atoms with Gasteiger partial charge in [0.25, 0.3) is 0 Å². The van der Waals surface area contributed by atoms with Crippen LogP contribution in [0.1, 0.15) is 11.1 Å². The third kappa shape index (κ3) is 8.12. The van der Waals surface area contributed by atoms with Crippen molar-refractivity contribution in [2.24, 2.45) is 0 Å². The van der Waals surface area contributed by atoms with Gasteiger partial charge in [-0.15, -0.1) is 0 Å². The van der Waals surface area contributed by atoms with Crippen LogP contribution in [0.15, 0.2) is 109 Å². The molecule has 2 aliphatic rings. The minimum absolute atomic E-state index is 0.617. The van der Waals surface area contributed by atoms with Gasteiger partial charge in [0.15, 0.2) is 0 Å². The van der Waals surface area contributed by atoms with Crippen LogP contribution >= 0.6 is 0 Å². The first-order chi connectivity index (χ1) is 20.0. The van der Waals surface area contributed by atoms with Crippen LogP contribution in [0, 0.1) is 0 Å². The Labute approximate surface area is 241 Å². The number of alkyl halides is 3. The summed E-state index contributed by atoms with van der Waals surface area (Å²) in [6.07, 6.45) is -4.30. The summed E-state index contributed by atoms with van der Waals surface area (Å²) in [6, 6.07) is 34.5. The molecule has 0 amide bonds. The van der Waals surface area contributed by atoms with E-state index in [9.17, 15) is 13.2 Å². The predicted octanol–water partition coefficient (Wildman–Crippen LogP) is 6.79. The molecule has 4 aromatic rings. The van der Waals surface area contributed by atoms with Crippen LogP contribution in [0.4, 0.5) is 24.5 Å². The van der Waals surface area contributed by atoms with Crippen LogP contribution in [-0.2, 0) is 12.7 Å². The molecule has 0 saturated carbocycles. The van der Waals surface area contributed by atoms with Gasteiger partial charge in [-0.05, 0) is 59.2 Å². The van der Waals surface area contributed by atoms with Crippen LogP contribution in [-0.4, -0.2) is 57.3 Å². The van der Waals surface area contributed by atoms with Gasteiger partial charge in [-0.25, -0.2) is 0 Å². The summed E-state index contributed by atoms with van der Waals surface area (Å²) in [7, 11) is 0. The second kappa shape index (κ2) is 13.7. The van der Waals surface area contributed by atoms with Crippen molar-refractivity contribution in [2.45, 2.75) is 12.7 Å². The summed E-state index contributed by atoms with van der Waals surface area (Å²) < 4.78 is 38.3. The Bertz CT molecular complexity index is 1330. The molecular formula is C34H37F3N4. The zero-order valence-corrected chi connectivity index (χ0v) is 23.2. The number of halogens is 3. The van der Waals surface area contributed by atoms with Gasteiger partial charge >= 0.3 is 6.18 Å². The van der Waals surface area contributed by atoms with Crippen LogP contribution in [0.2, 0.25) is 0 Å². The fraction of sp³-hybridized carbons (Fsp3) is 0.294. The molecule has 0 radical (unpaired) electrons. The van der Waals surface area contributed by atoms with Gasteiger partial charge < -0.3 is 15.1 Å². The van der Waals surface area contributed by atoms with Crippen LogP contribution < -0.4 is 15.1 Å². The Morgan fingerprint density at radius 3 is 1.68 bits per heavy atom. The molecule has 2 fully saturated rings. The summed E-state index contributed by atoms with van der Waals surface area (Å²) in [5.41, 5.74) is 4.91. The second-order valence-electron chi connectivity index (χ2n) is 10.4. The smallest absolute Gasteiger partial charge is 0.369 e.